The SMILES string of the molecule is COC(=O)[C@H]1O[C@@H]([C@H](C)N)[C@H](O)[C@@H]1O.O=C(O)C(F)(F)F. The molecule has 1 aliphatic rings. The van der Waals surface area contributed by atoms with Crippen LogP contribution in [0.4, 0.5) is 13.2 Å². The van der Waals surface area contributed by atoms with Gasteiger partial charge in [0.25, 0.3) is 0 Å². The maximum atomic E-state index is 11.1. The van der Waals surface area contributed by atoms with Crippen LogP contribution in [-0.2, 0) is 19.1 Å². The number of esters is 1. The Morgan fingerprint density at radius 3 is 1.95 bits per heavy atom. The summed E-state index contributed by atoms with van der Waals surface area (Å²) in [6, 6.07) is -0.464. The van der Waals surface area contributed by atoms with Gasteiger partial charge in [-0.05, 0) is 6.92 Å². The number of carboxylic acid groups (broad SMARTS) is 1. The highest BCUT2D eigenvalue weighted by Gasteiger charge is 2.48. The molecule has 0 saturated carbocycles. The molecule has 1 rings (SSSR count). The number of ether oxygens (including phenoxy) is 2. The average Bonchev–Trinajstić information content (AvgIpc) is 2.65. The van der Waals surface area contributed by atoms with Crippen molar-refractivity contribution in [3.8, 4) is 0 Å². The van der Waals surface area contributed by atoms with Crippen LogP contribution >= 0.6 is 0 Å². The number of aliphatic hydroxyl groups is 2. The summed E-state index contributed by atoms with van der Waals surface area (Å²) in [6.07, 6.45) is -9.40. The molecule has 0 unspecified atom stereocenters. The molecule has 1 heterocycles. The molecule has 0 aromatic rings. The lowest BCUT2D eigenvalue weighted by molar-refractivity contribution is -0.192. The number of rotatable bonds is 2. The quantitative estimate of drug-likeness (QED) is 0.457. The zero-order valence-corrected chi connectivity index (χ0v) is 11.1. The predicted octanol–water partition coefficient (Wildman–Crippen LogP) is -1.37. The standard InChI is InChI=1S/C8H15NO5.C2HF3O2/c1-3(9)6-4(10)5(11)7(14-6)8(12)13-2;3-2(4,5)1(6)7/h3-7,10-11H,9H2,1-2H3;(H,6,7)/t3-,4+,5-,6-,7-;/m0./s1. The number of nitrogens with two attached hydrogens (primary N) is 1. The zero-order valence-electron chi connectivity index (χ0n) is 11.1. The van der Waals surface area contributed by atoms with Gasteiger partial charge in [0.1, 0.15) is 18.3 Å². The molecule has 0 radical (unpaired) electrons. The molecule has 5 N–H and O–H groups in total. The Morgan fingerprint density at radius 1 is 1.29 bits per heavy atom. The molecule has 124 valence electrons. The number of carbonyl (C=O) groups excluding carboxylic acids is 1. The van der Waals surface area contributed by atoms with Gasteiger partial charge in [-0.15, -0.1) is 0 Å². The van der Waals surface area contributed by atoms with Crippen molar-refractivity contribution in [2.75, 3.05) is 7.11 Å². The molecule has 8 nitrogen and oxygen atoms in total. The van der Waals surface area contributed by atoms with Crippen LogP contribution in [0.15, 0.2) is 0 Å². The van der Waals surface area contributed by atoms with Gasteiger partial charge < -0.3 is 30.5 Å². The van der Waals surface area contributed by atoms with Crippen molar-refractivity contribution in [1.29, 1.82) is 0 Å². The second-order valence-electron chi connectivity index (χ2n) is 4.19. The second kappa shape index (κ2) is 7.54. The van der Waals surface area contributed by atoms with Crippen LogP contribution in [0.5, 0.6) is 0 Å². The molecule has 1 aliphatic heterocycles. The van der Waals surface area contributed by atoms with E-state index < -0.39 is 48.6 Å². The minimum Gasteiger partial charge on any atom is -0.475 e. The summed E-state index contributed by atoms with van der Waals surface area (Å²) in [5.41, 5.74) is 5.51. The Kier molecular flexibility index (Phi) is 7.03. The van der Waals surface area contributed by atoms with Gasteiger partial charge in [0.05, 0.1) is 7.11 Å². The Hall–Kier alpha value is -1.43. The van der Waals surface area contributed by atoms with Crippen LogP contribution in [0.1, 0.15) is 6.92 Å². The first-order valence-electron chi connectivity index (χ1n) is 5.58. The molecule has 0 amide bonds. The monoisotopic (exact) mass is 319 g/mol. The van der Waals surface area contributed by atoms with Crippen molar-refractivity contribution in [2.45, 2.75) is 43.6 Å². The Balaban J connectivity index is 0.000000486. The number of hydrogen-bond donors (Lipinski definition) is 4. The lowest BCUT2D eigenvalue weighted by Crippen LogP contribution is -2.41. The summed E-state index contributed by atoms with van der Waals surface area (Å²) in [4.78, 5) is 20.0. The van der Waals surface area contributed by atoms with E-state index in [-0.39, 0.29) is 0 Å². The third-order valence-corrected chi connectivity index (χ3v) is 2.49. The first-order valence-corrected chi connectivity index (χ1v) is 5.58. The number of aliphatic carboxylic acids is 1. The van der Waals surface area contributed by atoms with Crippen molar-refractivity contribution in [1.82, 2.24) is 0 Å². The van der Waals surface area contributed by atoms with Crippen LogP contribution in [0.25, 0.3) is 0 Å². The number of hydrogen-bond acceptors (Lipinski definition) is 7. The van der Waals surface area contributed by atoms with E-state index in [1.54, 1.807) is 6.92 Å². The smallest absolute Gasteiger partial charge is 0.475 e. The van der Waals surface area contributed by atoms with Gasteiger partial charge in [0, 0.05) is 6.04 Å². The van der Waals surface area contributed by atoms with E-state index in [1.807, 2.05) is 0 Å². The highest BCUT2D eigenvalue weighted by Crippen LogP contribution is 2.23. The average molecular weight is 319 g/mol. The van der Waals surface area contributed by atoms with Crippen molar-refractivity contribution >= 4 is 11.9 Å². The molecule has 0 aliphatic carbocycles. The molecular weight excluding hydrogens is 303 g/mol. The largest absolute Gasteiger partial charge is 0.490 e. The predicted molar refractivity (Wildman–Crippen MR) is 60.0 cm³/mol. The normalized spacial score (nSPS) is 30.1. The minimum absolute atomic E-state index is 0.464. The number of methoxy groups -OCH3 is 1. The molecule has 0 spiro atoms. The molecule has 0 bridgehead atoms. The maximum Gasteiger partial charge on any atom is 0.490 e. The Morgan fingerprint density at radius 2 is 1.71 bits per heavy atom. The lowest BCUT2D eigenvalue weighted by Gasteiger charge is -2.17. The minimum atomic E-state index is -5.08. The molecule has 1 fully saturated rings. The number of carbonyl (C=O) groups is 2. The summed E-state index contributed by atoms with van der Waals surface area (Å²) >= 11 is 0. The molecule has 0 aromatic heterocycles. The number of alkyl halides is 3. The van der Waals surface area contributed by atoms with E-state index in [0.717, 1.165) is 0 Å². The number of aliphatic hydroxyl groups excluding tert-OH is 2. The summed E-state index contributed by atoms with van der Waals surface area (Å²) in [5.74, 6) is -3.47. The van der Waals surface area contributed by atoms with E-state index in [0.29, 0.717) is 0 Å². The fourth-order valence-corrected chi connectivity index (χ4v) is 1.45. The van der Waals surface area contributed by atoms with Gasteiger partial charge in [-0.1, -0.05) is 0 Å². The molecule has 21 heavy (non-hydrogen) atoms. The number of halogens is 3. The summed E-state index contributed by atoms with van der Waals surface area (Å²) in [5, 5.41) is 26.1. The summed E-state index contributed by atoms with van der Waals surface area (Å²) in [6.45, 7) is 1.63. The van der Waals surface area contributed by atoms with Gasteiger partial charge in [0.2, 0.25) is 0 Å². The zero-order chi connectivity index (χ0) is 17.0. The second-order valence-corrected chi connectivity index (χ2v) is 4.19. The Labute approximate surface area is 117 Å². The Bertz CT molecular complexity index is 374. The van der Waals surface area contributed by atoms with Crippen LogP contribution in [0.2, 0.25) is 0 Å². The van der Waals surface area contributed by atoms with E-state index in [9.17, 15) is 28.2 Å². The lowest BCUT2D eigenvalue weighted by atomic mass is 10.0. The fraction of sp³-hybridized carbons (Fsp3) is 0.800. The summed E-state index contributed by atoms with van der Waals surface area (Å²) in [7, 11) is 1.18. The van der Waals surface area contributed by atoms with Gasteiger partial charge in [-0.25, -0.2) is 9.59 Å². The summed E-state index contributed by atoms with van der Waals surface area (Å²) < 4.78 is 41.2. The van der Waals surface area contributed by atoms with Crippen LogP contribution < -0.4 is 5.73 Å². The molecule has 5 atom stereocenters. The van der Waals surface area contributed by atoms with Gasteiger partial charge >= 0.3 is 18.1 Å². The highest BCUT2D eigenvalue weighted by molar-refractivity contribution is 5.76. The van der Waals surface area contributed by atoms with E-state index in [1.165, 1.54) is 7.11 Å². The molecule has 1 saturated heterocycles. The van der Waals surface area contributed by atoms with Gasteiger partial charge in [0.15, 0.2) is 6.10 Å². The molecular formula is C10H16F3NO7. The third-order valence-electron chi connectivity index (χ3n) is 2.49. The topological polar surface area (TPSA) is 139 Å². The van der Waals surface area contributed by atoms with Crippen molar-refractivity contribution in [3.05, 3.63) is 0 Å². The van der Waals surface area contributed by atoms with Crippen LogP contribution in [-0.4, -0.2) is 71.0 Å². The van der Waals surface area contributed by atoms with Crippen LogP contribution in [0.3, 0.4) is 0 Å². The van der Waals surface area contributed by atoms with Gasteiger partial charge in [-0.2, -0.15) is 13.2 Å². The highest BCUT2D eigenvalue weighted by atomic mass is 19.4. The number of carboxylic acids is 1. The van der Waals surface area contributed by atoms with Gasteiger partial charge in [-0.3, -0.25) is 0 Å². The first-order chi connectivity index (χ1) is 9.43. The van der Waals surface area contributed by atoms with Crippen molar-refractivity contribution in [3.63, 3.8) is 0 Å². The maximum absolute atomic E-state index is 11.1. The van der Waals surface area contributed by atoms with E-state index >= 15 is 0 Å². The van der Waals surface area contributed by atoms with Crippen molar-refractivity contribution in [2.24, 2.45) is 5.73 Å². The molecule has 0 aromatic carbocycles. The van der Waals surface area contributed by atoms with Crippen LogP contribution in [0, 0.1) is 0 Å². The fourth-order valence-electron chi connectivity index (χ4n) is 1.45. The third kappa shape index (κ3) is 5.46. The van der Waals surface area contributed by atoms with E-state index in [2.05, 4.69) is 4.74 Å². The first kappa shape index (κ1) is 19.6. The van der Waals surface area contributed by atoms with E-state index in [4.69, 9.17) is 20.4 Å². The van der Waals surface area contributed by atoms with Crippen molar-refractivity contribution < 1.29 is 47.6 Å². The molecule has 11 heteroatoms.